The summed E-state index contributed by atoms with van der Waals surface area (Å²) >= 11 is 0. The van der Waals surface area contributed by atoms with E-state index in [0.717, 1.165) is 29.1 Å². The van der Waals surface area contributed by atoms with Gasteiger partial charge in [0.25, 0.3) is 11.6 Å². The number of anilines is 1. The van der Waals surface area contributed by atoms with Crippen LogP contribution in [0.5, 0.6) is 5.75 Å². The van der Waals surface area contributed by atoms with Crippen LogP contribution in [0.15, 0.2) is 58.3 Å². The average molecular weight is 435 g/mol. The molecule has 0 bridgehead atoms. The summed E-state index contributed by atoms with van der Waals surface area (Å²) in [6.45, 7) is 0. The van der Waals surface area contributed by atoms with E-state index in [2.05, 4.69) is 35.8 Å². The van der Waals surface area contributed by atoms with Gasteiger partial charge in [0, 0.05) is 23.3 Å². The number of nitrogens with two attached hydrogens (primary N) is 1. The molecule has 2 aromatic heterocycles. The van der Waals surface area contributed by atoms with Crippen molar-refractivity contribution < 1.29 is 19.5 Å². The highest BCUT2D eigenvalue weighted by atomic mass is 16.6. The van der Waals surface area contributed by atoms with Gasteiger partial charge in [-0.15, -0.1) is 5.10 Å². The first-order valence-electron chi connectivity index (χ1n) is 8.86. The van der Waals surface area contributed by atoms with Gasteiger partial charge in [0.15, 0.2) is 5.69 Å². The van der Waals surface area contributed by atoms with Gasteiger partial charge in [-0.2, -0.15) is 9.78 Å². The minimum atomic E-state index is -0.752. The first kappa shape index (κ1) is 20.1. The van der Waals surface area contributed by atoms with Gasteiger partial charge in [-0.1, -0.05) is 35.5 Å². The molecule has 4 N–H and O–H groups in total. The van der Waals surface area contributed by atoms with E-state index in [4.69, 9.17) is 5.73 Å². The van der Waals surface area contributed by atoms with Crippen molar-refractivity contribution in [3.63, 3.8) is 0 Å². The Bertz CT molecular complexity index is 1330. The largest absolute Gasteiger partial charge is 0.507 e. The summed E-state index contributed by atoms with van der Waals surface area (Å²) in [6, 6.07) is 12.1. The number of hydrogen-bond acceptors (Lipinski definition) is 11. The lowest BCUT2D eigenvalue weighted by Gasteiger charge is -2.05. The number of aromatic hydroxyl groups is 1. The summed E-state index contributed by atoms with van der Waals surface area (Å²) in [5.41, 5.74) is 8.49. The Morgan fingerprint density at radius 2 is 2.03 bits per heavy atom. The van der Waals surface area contributed by atoms with Crippen molar-refractivity contribution in [2.45, 2.75) is 0 Å². The fraction of sp³-hybridized carbons (Fsp3) is 0. The fourth-order valence-corrected chi connectivity index (χ4v) is 2.73. The van der Waals surface area contributed by atoms with Gasteiger partial charge in [-0.3, -0.25) is 14.9 Å². The number of nitrogens with zero attached hydrogens (tertiary/aromatic N) is 7. The van der Waals surface area contributed by atoms with Crippen molar-refractivity contribution in [1.82, 2.24) is 30.7 Å². The maximum Gasteiger partial charge on any atom is 0.292 e. The zero-order chi connectivity index (χ0) is 22.7. The third-order valence-corrected chi connectivity index (χ3v) is 4.22. The molecule has 0 aliphatic rings. The number of phenolic OH excluding ortho intramolecular Hbond substituents is 1. The lowest BCUT2D eigenvalue weighted by molar-refractivity contribution is -0.384. The van der Waals surface area contributed by atoms with Gasteiger partial charge in [0.1, 0.15) is 11.4 Å². The van der Waals surface area contributed by atoms with Gasteiger partial charge >= 0.3 is 0 Å². The summed E-state index contributed by atoms with van der Waals surface area (Å²) in [5.74, 6) is -1.18. The van der Waals surface area contributed by atoms with Crippen LogP contribution in [0.1, 0.15) is 16.1 Å². The van der Waals surface area contributed by atoms with E-state index >= 15 is 0 Å². The van der Waals surface area contributed by atoms with E-state index < -0.39 is 10.8 Å². The summed E-state index contributed by atoms with van der Waals surface area (Å²) in [7, 11) is 0. The molecule has 0 aliphatic carbocycles. The van der Waals surface area contributed by atoms with Crippen molar-refractivity contribution in [3.05, 3.63) is 69.9 Å². The van der Waals surface area contributed by atoms with Crippen LogP contribution in [0.4, 0.5) is 11.5 Å². The molecule has 14 nitrogen and oxygen atoms in total. The van der Waals surface area contributed by atoms with E-state index in [0.29, 0.717) is 5.56 Å². The minimum absolute atomic E-state index is 0.0272. The molecule has 2 aromatic carbocycles. The van der Waals surface area contributed by atoms with Crippen molar-refractivity contribution in [2.75, 3.05) is 5.73 Å². The summed E-state index contributed by atoms with van der Waals surface area (Å²) in [5, 5.41) is 39.6. The molecule has 0 aliphatic heterocycles. The molecule has 2 heterocycles. The maximum absolute atomic E-state index is 13.0. The molecule has 0 unspecified atom stereocenters. The molecule has 1 amide bonds. The predicted molar refractivity (Wildman–Crippen MR) is 109 cm³/mol. The Kier molecular flexibility index (Phi) is 5.23. The Hall–Kier alpha value is -5.14. The summed E-state index contributed by atoms with van der Waals surface area (Å²) < 4.78 is 5.62. The molecule has 4 aromatic rings. The highest BCUT2D eigenvalue weighted by molar-refractivity contribution is 5.99. The second kappa shape index (κ2) is 8.31. The number of hydrazone groups is 1. The number of carbonyl (C=O) groups is 1. The molecule has 0 saturated heterocycles. The molecule has 0 spiro atoms. The van der Waals surface area contributed by atoms with Crippen LogP contribution in [0.2, 0.25) is 0 Å². The van der Waals surface area contributed by atoms with Gasteiger partial charge in [-0.05, 0) is 16.4 Å². The first-order chi connectivity index (χ1) is 15.5. The number of aromatic nitrogens is 5. The van der Waals surface area contributed by atoms with Crippen LogP contribution < -0.4 is 11.2 Å². The van der Waals surface area contributed by atoms with Crippen molar-refractivity contribution in [3.8, 4) is 22.8 Å². The Labute approximate surface area is 178 Å². The second-order valence-corrected chi connectivity index (χ2v) is 6.24. The molecule has 4 rings (SSSR count). The van der Waals surface area contributed by atoms with Crippen LogP contribution in [-0.4, -0.2) is 47.5 Å². The molecule has 14 heteroatoms. The monoisotopic (exact) mass is 435 g/mol. The van der Waals surface area contributed by atoms with Gasteiger partial charge in [0.2, 0.25) is 11.6 Å². The third-order valence-electron chi connectivity index (χ3n) is 4.22. The summed E-state index contributed by atoms with van der Waals surface area (Å²) in [4.78, 5) is 23.3. The number of non-ortho nitro benzene ring substituents is 1. The number of benzene rings is 2. The van der Waals surface area contributed by atoms with Crippen LogP contribution in [-0.2, 0) is 0 Å². The normalized spacial score (nSPS) is 11.0. The predicted octanol–water partition coefficient (Wildman–Crippen LogP) is 1.28. The molecular weight excluding hydrogens is 422 g/mol. The van der Waals surface area contributed by atoms with Crippen LogP contribution in [0.3, 0.4) is 0 Å². The lowest BCUT2D eigenvalue weighted by atomic mass is 10.1. The molecule has 0 fully saturated rings. The standard InChI is InChI=1S/C18H13N9O5/c19-16-17(24-32-23-16)26-15(14(21-25-26)10-4-2-1-3-5-10)18(29)22-20-9-11-8-12(27(30)31)6-7-13(11)28/h1-9,28H,(H2,19,23)(H,22,29)/b20-9-. The molecule has 0 radical (unpaired) electrons. The van der Waals surface area contributed by atoms with E-state index in [9.17, 15) is 20.0 Å². The van der Waals surface area contributed by atoms with Gasteiger partial charge in [-0.25, -0.2) is 10.1 Å². The van der Waals surface area contributed by atoms with Gasteiger partial charge < -0.3 is 10.8 Å². The number of amides is 1. The molecule has 0 saturated carbocycles. The van der Waals surface area contributed by atoms with E-state index in [1.54, 1.807) is 30.3 Å². The number of phenols is 1. The maximum atomic E-state index is 13.0. The zero-order valence-corrected chi connectivity index (χ0v) is 16.0. The Morgan fingerprint density at radius 1 is 1.25 bits per heavy atom. The van der Waals surface area contributed by atoms with Crippen molar-refractivity contribution in [2.24, 2.45) is 5.10 Å². The number of nitrogen functional groups attached to an aromatic ring is 1. The van der Waals surface area contributed by atoms with E-state index in [1.165, 1.54) is 0 Å². The number of nitrogens with one attached hydrogen (secondary N) is 1. The highest BCUT2D eigenvalue weighted by Gasteiger charge is 2.25. The first-order valence-corrected chi connectivity index (χ1v) is 8.86. The molecule has 0 atom stereocenters. The van der Waals surface area contributed by atoms with Crippen LogP contribution in [0, 0.1) is 10.1 Å². The number of hydrogen-bond donors (Lipinski definition) is 3. The SMILES string of the molecule is Nc1nonc1-n1nnc(-c2ccccc2)c1C(=O)N/N=C\c1cc([N+](=O)[O-])ccc1O. The van der Waals surface area contributed by atoms with Crippen molar-refractivity contribution >= 4 is 23.6 Å². The van der Waals surface area contributed by atoms with Crippen LogP contribution in [0.25, 0.3) is 17.1 Å². The number of carbonyl (C=O) groups excluding carboxylic acids is 1. The quantitative estimate of drug-likeness (QED) is 0.225. The number of nitro benzene ring substituents is 1. The number of nitro groups is 1. The molecule has 32 heavy (non-hydrogen) atoms. The Morgan fingerprint density at radius 3 is 2.72 bits per heavy atom. The van der Waals surface area contributed by atoms with Crippen molar-refractivity contribution in [1.29, 1.82) is 0 Å². The Balaban J connectivity index is 1.68. The van der Waals surface area contributed by atoms with E-state index in [1.807, 2.05) is 0 Å². The lowest BCUT2D eigenvalue weighted by Crippen LogP contribution is -2.22. The second-order valence-electron chi connectivity index (χ2n) is 6.24. The smallest absolute Gasteiger partial charge is 0.292 e. The van der Waals surface area contributed by atoms with Gasteiger partial charge in [0.05, 0.1) is 11.1 Å². The average Bonchev–Trinajstić information content (AvgIpc) is 3.41. The minimum Gasteiger partial charge on any atom is -0.507 e. The third kappa shape index (κ3) is 3.82. The van der Waals surface area contributed by atoms with E-state index in [-0.39, 0.29) is 40.0 Å². The zero-order valence-electron chi connectivity index (χ0n) is 16.0. The van der Waals surface area contributed by atoms with Crippen LogP contribution >= 0.6 is 0 Å². The molecule has 160 valence electrons. The number of rotatable bonds is 6. The summed E-state index contributed by atoms with van der Waals surface area (Å²) in [6.07, 6.45) is 1.06. The molecular formula is C18H13N9O5. The fourth-order valence-electron chi connectivity index (χ4n) is 2.73. The highest BCUT2D eigenvalue weighted by Crippen LogP contribution is 2.24. The topological polar surface area (TPSA) is 200 Å².